The Balaban J connectivity index is 1.85. The van der Waals surface area contributed by atoms with Gasteiger partial charge in [0.05, 0.1) is 22.1 Å². The summed E-state index contributed by atoms with van der Waals surface area (Å²) >= 11 is 2.70. The van der Waals surface area contributed by atoms with E-state index >= 15 is 0 Å². The summed E-state index contributed by atoms with van der Waals surface area (Å²) in [6.07, 6.45) is 0.178. The van der Waals surface area contributed by atoms with Crippen LogP contribution in [0.3, 0.4) is 0 Å². The number of nitrogens with two attached hydrogens (primary N) is 1. The molecule has 120 valence electrons. The van der Waals surface area contributed by atoms with Gasteiger partial charge in [-0.3, -0.25) is 4.79 Å². The van der Waals surface area contributed by atoms with E-state index in [0.29, 0.717) is 32.8 Å². The first kappa shape index (κ1) is 16.2. The molecular weight excluding hydrogens is 346 g/mol. The van der Waals surface area contributed by atoms with Gasteiger partial charge in [-0.15, -0.1) is 22.7 Å². The molecule has 3 heterocycles. The van der Waals surface area contributed by atoms with Crippen molar-refractivity contribution in [3.63, 3.8) is 0 Å². The molecule has 0 spiro atoms. The van der Waals surface area contributed by atoms with Crippen LogP contribution in [0.1, 0.15) is 10.7 Å². The number of nitrogens with zero attached hydrogens (tertiary/aromatic N) is 4. The molecule has 0 fully saturated rings. The molecule has 3 rings (SSSR count). The Morgan fingerprint density at radius 1 is 1.21 bits per heavy atom. The number of aliphatic carboxylic acids is 1. The van der Waals surface area contributed by atoms with Gasteiger partial charge in [-0.1, -0.05) is 6.07 Å². The number of carboxylic acids is 1. The number of thiazole rings is 2. The summed E-state index contributed by atoms with van der Waals surface area (Å²) in [6, 6.07) is 6.50. The number of nitriles is 1. The highest BCUT2D eigenvalue weighted by molar-refractivity contribution is 7.13. The molecule has 0 aliphatic heterocycles. The highest BCUT2D eigenvalue weighted by Crippen LogP contribution is 2.26. The van der Waals surface area contributed by atoms with Gasteiger partial charge in [0.25, 0.3) is 0 Å². The molecule has 3 N–H and O–H groups in total. The van der Waals surface area contributed by atoms with Crippen molar-refractivity contribution in [3.8, 4) is 28.2 Å². The van der Waals surface area contributed by atoms with Gasteiger partial charge in [-0.2, -0.15) is 5.26 Å². The first-order valence-corrected chi connectivity index (χ1v) is 8.59. The molecule has 0 saturated carbocycles. The zero-order valence-electron chi connectivity index (χ0n) is 12.2. The van der Waals surface area contributed by atoms with E-state index in [9.17, 15) is 4.79 Å². The van der Waals surface area contributed by atoms with E-state index in [-0.39, 0.29) is 6.42 Å². The van der Waals surface area contributed by atoms with Gasteiger partial charge in [0.2, 0.25) is 0 Å². The predicted octanol–water partition coefficient (Wildman–Crippen LogP) is 2.15. The summed E-state index contributed by atoms with van der Waals surface area (Å²) in [6.45, 7) is 0. The van der Waals surface area contributed by atoms with Crippen LogP contribution in [0.15, 0.2) is 29.0 Å². The molecule has 0 aliphatic carbocycles. The van der Waals surface area contributed by atoms with Gasteiger partial charge in [-0.05, 0) is 12.1 Å². The number of carbonyl (C=O) groups is 1. The van der Waals surface area contributed by atoms with E-state index in [1.807, 2.05) is 29.6 Å². The third-order valence-electron chi connectivity index (χ3n) is 3.11. The minimum atomic E-state index is -1.05. The lowest BCUT2D eigenvalue weighted by Gasteiger charge is -2.02. The smallest absolute Gasteiger partial charge is 0.320 e. The average Bonchev–Trinajstić information content (AvgIpc) is 3.24. The number of hydrogen-bond donors (Lipinski definition) is 2. The van der Waals surface area contributed by atoms with Crippen molar-refractivity contribution >= 4 is 28.6 Å². The van der Waals surface area contributed by atoms with Crippen molar-refractivity contribution in [2.45, 2.75) is 12.5 Å². The monoisotopic (exact) mass is 357 g/mol. The third-order valence-corrected chi connectivity index (χ3v) is 4.85. The largest absolute Gasteiger partial charge is 0.480 e. The lowest BCUT2D eigenvalue weighted by molar-refractivity contribution is -0.138. The maximum atomic E-state index is 10.8. The third kappa shape index (κ3) is 3.46. The Bertz CT molecular complexity index is 928. The molecule has 0 saturated heterocycles. The minimum absolute atomic E-state index is 0.178. The van der Waals surface area contributed by atoms with Crippen molar-refractivity contribution < 1.29 is 9.90 Å². The lowest BCUT2D eigenvalue weighted by Crippen LogP contribution is -2.32. The van der Waals surface area contributed by atoms with Crippen LogP contribution in [0.2, 0.25) is 0 Å². The highest BCUT2D eigenvalue weighted by atomic mass is 32.1. The van der Waals surface area contributed by atoms with Gasteiger partial charge in [0.1, 0.15) is 17.1 Å². The molecule has 1 atom stereocenters. The second-order valence-electron chi connectivity index (χ2n) is 4.83. The summed E-state index contributed by atoms with van der Waals surface area (Å²) < 4.78 is 0. The van der Waals surface area contributed by atoms with E-state index in [2.05, 4.69) is 15.0 Å². The van der Waals surface area contributed by atoms with E-state index in [0.717, 1.165) is 0 Å². The normalized spacial score (nSPS) is 11.8. The van der Waals surface area contributed by atoms with Crippen LogP contribution in [-0.4, -0.2) is 32.1 Å². The van der Waals surface area contributed by atoms with Crippen LogP contribution >= 0.6 is 22.7 Å². The molecule has 0 aliphatic rings. The molecule has 24 heavy (non-hydrogen) atoms. The number of rotatable bonds is 5. The van der Waals surface area contributed by atoms with Crippen molar-refractivity contribution in [2.24, 2.45) is 5.73 Å². The van der Waals surface area contributed by atoms with Crippen molar-refractivity contribution in [3.05, 3.63) is 39.7 Å². The van der Waals surface area contributed by atoms with Gasteiger partial charge >= 0.3 is 5.97 Å². The first-order chi connectivity index (χ1) is 11.6. The van der Waals surface area contributed by atoms with E-state index < -0.39 is 12.0 Å². The Labute approximate surface area is 145 Å². The van der Waals surface area contributed by atoms with Crippen molar-refractivity contribution in [1.29, 1.82) is 5.26 Å². The number of aromatic nitrogens is 3. The molecule has 3 aromatic heterocycles. The molecule has 0 unspecified atom stereocenters. The molecule has 0 amide bonds. The first-order valence-electron chi connectivity index (χ1n) is 6.83. The standard InChI is InChI=1S/C15H11N5O2S2/c16-5-8-6-24-14(18-8)11-3-1-2-10(19-11)12-7-23-13(20-12)4-9(17)15(21)22/h1-3,6-7,9H,4,17H2,(H,21,22)/t9-/m0/s1. The summed E-state index contributed by atoms with van der Waals surface area (Å²) in [4.78, 5) is 23.9. The summed E-state index contributed by atoms with van der Waals surface area (Å²) in [5.74, 6) is -1.05. The molecule has 0 radical (unpaired) electrons. The minimum Gasteiger partial charge on any atom is -0.480 e. The lowest BCUT2D eigenvalue weighted by atomic mass is 10.2. The van der Waals surface area contributed by atoms with Crippen LogP contribution < -0.4 is 5.73 Å². The zero-order chi connectivity index (χ0) is 17.1. The van der Waals surface area contributed by atoms with Crippen LogP contribution in [0.4, 0.5) is 0 Å². The number of hydrogen-bond acceptors (Lipinski definition) is 8. The Morgan fingerprint density at radius 3 is 2.71 bits per heavy atom. The maximum Gasteiger partial charge on any atom is 0.320 e. The van der Waals surface area contributed by atoms with E-state index in [1.54, 1.807) is 5.38 Å². The molecular formula is C15H11N5O2S2. The SMILES string of the molecule is N#Cc1csc(-c2cccc(-c3csc(C[C@H](N)C(=O)O)n3)n2)n1. The quantitative estimate of drug-likeness (QED) is 0.716. The Kier molecular flexibility index (Phi) is 4.61. The highest BCUT2D eigenvalue weighted by Gasteiger charge is 2.16. The van der Waals surface area contributed by atoms with Gasteiger partial charge < -0.3 is 10.8 Å². The van der Waals surface area contributed by atoms with Crippen LogP contribution in [0, 0.1) is 11.3 Å². The van der Waals surface area contributed by atoms with Gasteiger partial charge in [0.15, 0.2) is 5.69 Å². The molecule has 7 nitrogen and oxygen atoms in total. The topological polar surface area (TPSA) is 126 Å². The second kappa shape index (κ2) is 6.84. The summed E-state index contributed by atoms with van der Waals surface area (Å²) in [5, 5.41) is 22.5. The molecule has 0 aromatic carbocycles. The van der Waals surface area contributed by atoms with Crippen molar-refractivity contribution in [1.82, 2.24) is 15.0 Å². The zero-order valence-corrected chi connectivity index (χ0v) is 13.8. The van der Waals surface area contributed by atoms with E-state index in [1.165, 1.54) is 22.7 Å². The summed E-state index contributed by atoms with van der Waals surface area (Å²) in [5.41, 5.74) is 7.87. The van der Waals surface area contributed by atoms with Gasteiger partial charge in [0, 0.05) is 17.2 Å². The summed E-state index contributed by atoms with van der Waals surface area (Å²) in [7, 11) is 0. The molecule has 0 bridgehead atoms. The second-order valence-corrected chi connectivity index (χ2v) is 6.63. The van der Waals surface area contributed by atoms with Gasteiger partial charge in [-0.25, -0.2) is 15.0 Å². The maximum absolute atomic E-state index is 10.8. The fourth-order valence-corrected chi connectivity index (χ4v) is 3.50. The number of pyridine rings is 1. The van der Waals surface area contributed by atoms with E-state index in [4.69, 9.17) is 16.1 Å². The number of carboxylic acid groups (broad SMARTS) is 1. The van der Waals surface area contributed by atoms with Crippen LogP contribution in [0.5, 0.6) is 0 Å². The Hall–Kier alpha value is -2.67. The average molecular weight is 357 g/mol. The molecule has 9 heteroatoms. The van der Waals surface area contributed by atoms with Crippen LogP contribution in [-0.2, 0) is 11.2 Å². The fourth-order valence-electron chi connectivity index (χ4n) is 1.94. The van der Waals surface area contributed by atoms with Crippen LogP contribution in [0.25, 0.3) is 22.1 Å². The fraction of sp³-hybridized carbons (Fsp3) is 0.133. The Morgan fingerprint density at radius 2 is 2.00 bits per heavy atom. The molecule has 3 aromatic rings. The van der Waals surface area contributed by atoms with Crippen molar-refractivity contribution in [2.75, 3.05) is 0 Å². The predicted molar refractivity (Wildman–Crippen MR) is 90.5 cm³/mol.